The summed E-state index contributed by atoms with van der Waals surface area (Å²) in [7, 11) is 0. The molecule has 2 aromatic rings. The van der Waals surface area contributed by atoms with Gasteiger partial charge in [0.05, 0.1) is 18.3 Å². The third-order valence-electron chi connectivity index (χ3n) is 2.39. The Balaban J connectivity index is 2.05. The molecule has 0 unspecified atom stereocenters. The third kappa shape index (κ3) is 3.57. The van der Waals surface area contributed by atoms with Gasteiger partial charge < -0.3 is 5.32 Å². The molecule has 1 N–H and O–H groups in total. The number of hydrogen-bond donors (Lipinski definition) is 1. The maximum atomic E-state index is 13.4. The number of nitrogens with one attached hydrogen (secondary N) is 1. The largest absolute Gasteiger partial charge is 0.324 e. The number of halogens is 3. The number of nitrogens with zero attached hydrogens (tertiary/aromatic N) is 1. The molecule has 0 saturated carbocycles. The third-order valence-corrected chi connectivity index (χ3v) is 2.86. The predicted molar refractivity (Wildman–Crippen MR) is 70.6 cm³/mol. The second-order valence-corrected chi connectivity index (χ2v) is 4.62. The van der Waals surface area contributed by atoms with Crippen LogP contribution in [0.2, 0.25) is 0 Å². The van der Waals surface area contributed by atoms with Gasteiger partial charge in [0.15, 0.2) is 11.6 Å². The molecule has 3 nitrogen and oxygen atoms in total. The SMILES string of the molecule is O=C(Cc1cccc(F)c1F)Nc1ccc(Br)nc1. The predicted octanol–water partition coefficient (Wildman–Crippen LogP) is 3.30. The van der Waals surface area contributed by atoms with Crippen LogP contribution in [0.1, 0.15) is 5.56 Å². The van der Waals surface area contributed by atoms with Gasteiger partial charge in [0.25, 0.3) is 0 Å². The van der Waals surface area contributed by atoms with E-state index in [0.717, 1.165) is 6.07 Å². The van der Waals surface area contributed by atoms with Gasteiger partial charge in [-0.15, -0.1) is 0 Å². The van der Waals surface area contributed by atoms with Gasteiger partial charge in [0, 0.05) is 5.56 Å². The fourth-order valence-corrected chi connectivity index (χ4v) is 1.75. The molecule has 0 fully saturated rings. The van der Waals surface area contributed by atoms with Gasteiger partial charge >= 0.3 is 0 Å². The average Bonchev–Trinajstić information content (AvgIpc) is 2.38. The molecule has 6 heteroatoms. The molecule has 1 aromatic heterocycles. The number of carbonyl (C=O) groups excluding carboxylic acids is 1. The molecule has 0 bridgehead atoms. The molecular formula is C13H9BrF2N2O. The summed E-state index contributed by atoms with van der Waals surface area (Å²) in [5.74, 6) is -2.39. The number of amides is 1. The van der Waals surface area contributed by atoms with Crippen molar-refractivity contribution in [2.45, 2.75) is 6.42 Å². The van der Waals surface area contributed by atoms with Crippen LogP contribution >= 0.6 is 15.9 Å². The van der Waals surface area contributed by atoms with Crippen molar-refractivity contribution in [2.75, 3.05) is 5.32 Å². The van der Waals surface area contributed by atoms with Gasteiger partial charge in [-0.1, -0.05) is 12.1 Å². The Morgan fingerprint density at radius 3 is 2.74 bits per heavy atom. The minimum absolute atomic E-state index is 0.0163. The molecule has 98 valence electrons. The Hall–Kier alpha value is -1.82. The van der Waals surface area contributed by atoms with E-state index in [1.165, 1.54) is 18.3 Å². The van der Waals surface area contributed by atoms with Gasteiger partial charge in [-0.3, -0.25) is 4.79 Å². The van der Waals surface area contributed by atoms with Crippen molar-refractivity contribution in [1.82, 2.24) is 4.98 Å². The lowest BCUT2D eigenvalue weighted by atomic mass is 10.1. The number of pyridine rings is 1. The van der Waals surface area contributed by atoms with Crippen LogP contribution < -0.4 is 5.32 Å². The highest BCUT2D eigenvalue weighted by atomic mass is 79.9. The topological polar surface area (TPSA) is 42.0 Å². The number of aromatic nitrogens is 1. The Labute approximate surface area is 116 Å². The number of carbonyl (C=O) groups is 1. The second-order valence-electron chi connectivity index (χ2n) is 3.81. The number of benzene rings is 1. The first-order valence-corrected chi connectivity index (χ1v) is 6.20. The van der Waals surface area contributed by atoms with E-state index in [0.29, 0.717) is 10.3 Å². The van der Waals surface area contributed by atoms with Crippen LogP contribution in [0.3, 0.4) is 0 Å². The van der Waals surface area contributed by atoms with Crippen molar-refractivity contribution >= 4 is 27.5 Å². The smallest absolute Gasteiger partial charge is 0.228 e. The zero-order chi connectivity index (χ0) is 13.8. The fraction of sp³-hybridized carbons (Fsp3) is 0.0769. The van der Waals surface area contributed by atoms with E-state index < -0.39 is 17.5 Å². The van der Waals surface area contributed by atoms with E-state index >= 15 is 0 Å². The molecule has 0 spiro atoms. The molecule has 0 aliphatic carbocycles. The molecule has 1 heterocycles. The quantitative estimate of drug-likeness (QED) is 0.879. The van der Waals surface area contributed by atoms with E-state index in [1.54, 1.807) is 12.1 Å². The Morgan fingerprint density at radius 2 is 2.05 bits per heavy atom. The minimum Gasteiger partial charge on any atom is -0.324 e. The Kier molecular flexibility index (Phi) is 4.21. The first-order valence-electron chi connectivity index (χ1n) is 5.40. The van der Waals surface area contributed by atoms with Crippen molar-refractivity contribution in [3.05, 3.63) is 58.3 Å². The monoisotopic (exact) mass is 326 g/mol. The van der Waals surface area contributed by atoms with E-state index in [-0.39, 0.29) is 12.0 Å². The van der Waals surface area contributed by atoms with Gasteiger partial charge in [0.1, 0.15) is 4.60 Å². The van der Waals surface area contributed by atoms with Crippen molar-refractivity contribution < 1.29 is 13.6 Å². The molecule has 0 aliphatic rings. The summed E-state index contributed by atoms with van der Waals surface area (Å²) in [5.41, 5.74) is 0.507. The van der Waals surface area contributed by atoms with Gasteiger partial charge in [-0.05, 0) is 34.1 Å². The van der Waals surface area contributed by atoms with Gasteiger partial charge in [-0.25, -0.2) is 13.8 Å². The molecular weight excluding hydrogens is 318 g/mol. The highest BCUT2D eigenvalue weighted by Crippen LogP contribution is 2.14. The molecule has 0 atom stereocenters. The summed E-state index contributed by atoms with van der Waals surface area (Å²) in [4.78, 5) is 15.6. The number of anilines is 1. The highest BCUT2D eigenvalue weighted by molar-refractivity contribution is 9.10. The zero-order valence-electron chi connectivity index (χ0n) is 9.66. The van der Waals surface area contributed by atoms with Crippen molar-refractivity contribution in [3.63, 3.8) is 0 Å². The molecule has 1 aromatic carbocycles. The maximum Gasteiger partial charge on any atom is 0.228 e. The summed E-state index contributed by atoms with van der Waals surface area (Å²) in [6.45, 7) is 0. The molecule has 1 amide bonds. The van der Waals surface area contributed by atoms with Crippen molar-refractivity contribution in [1.29, 1.82) is 0 Å². The van der Waals surface area contributed by atoms with Crippen LogP contribution in [-0.2, 0) is 11.2 Å². The lowest BCUT2D eigenvalue weighted by Gasteiger charge is -2.06. The lowest BCUT2D eigenvalue weighted by molar-refractivity contribution is -0.115. The van der Waals surface area contributed by atoms with E-state index in [9.17, 15) is 13.6 Å². The number of hydrogen-bond acceptors (Lipinski definition) is 2. The lowest BCUT2D eigenvalue weighted by Crippen LogP contribution is -2.15. The Bertz CT molecular complexity index is 602. The van der Waals surface area contributed by atoms with Crippen molar-refractivity contribution in [3.8, 4) is 0 Å². The summed E-state index contributed by atoms with van der Waals surface area (Å²) in [6.07, 6.45) is 1.23. The molecule has 0 aliphatic heterocycles. The molecule has 19 heavy (non-hydrogen) atoms. The minimum atomic E-state index is -0.994. The van der Waals surface area contributed by atoms with Crippen LogP contribution in [0, 0.1) is 11.6 Å². The molecule has 0 saturated heterocycles. The van der Waals surface area contributed by atoms with E-state index in [4.69, 9.17) is 0 Å². The Morgan fingerprint density at radius 1 is 1.26 bits per heavy atom. The second kappa shape index (κ2) is 5.88. The highest BCUT2D eigenvalue weighted by Gasteiger charge is 2.11. The normalized spacial score (nSPS) is 10.3. The first-order chi connectivity index (χ1) is 9.06. The first kappa shape index (κ1) is 13.6. The van der Waals surface area contributed by atoms with Crippen LogP contribution in [-0.4, -0.2) is 10.9 Å². The van der Waals surface area contributed by atoms with Crippen LogP contribution in [0.15, 0.2) is 41.1 Å². The van der Waals surface area contributed by atoms with Crippen molar-refractivity contribution in [2.24, 2.45) is 0 Å². The van der Waals surface area contributed by atoms with Gasteiger partial charge in [-0.2, -0.15) is 0 Å². The van der Waals surface area contributed by atoms with Crippen LogP contribution in [0.25, 0.3) is 0 Å². The van der Waals surface area contributed by atoms with Crippen LogP contribution in [0.4, 0.5) is 14.5 Å². The maximum absolute atomic E-state index is 13.4. The zero-order valence-corrected chi connectivity index (χ0v) is 11.2. The fourth-order valence-electron chi connectivity index (χ4n) is 1.51. The number of rotatable bonds is 3. The van der Waals surface area contributed by atoms with Crippen LogP contribution in [0.5, 0.6) is 0 Å². The summed E-state index contributed by atoms with van der Waals surface area (Å²) in [6, 6.07) is 7.06. The average molecular weight is 327 g/mol. The van der Waals surface area contributed by atoms with E-state index in [2.05, 4.69) is 26.2 Å². The molecule has 0 radical (unpaired) electrons. The summed E-state index contributed by atoms with van der Waals surface area (Å²) >= 11 is 3.17. The van der Waals surface area contributed by atoms with E-state index in [1.807, 2.05) is 0 Å². The summed E-state index contributed by atoms with van der Waals surface area (Å²) in [5, 5.41) is 2.55. The molecule has 2 rings (SSSR count). The van der Waals surface area contributed by atoms with Gasteiger partial charge in [0.2, 0.25) is 5.91 Å². The standard InChI is InChI=1S/C13H9BrF2N2O/c14-11-5-4-9(7-17-11)18-12(19)6-8-2-1-3-10(15)13(8)16/h1-5,7H,6H2,(H,18,19). The summed E-state index contributed by atoms with van der Waals surface area (Å²) < 4.78 is 27.0.